The van der Waals surface area contributed by atoms with Crippen LogP contribution >= 0.6 is 0 Å². The lowest BCUT2D eigenvalue weighted by Gasteiger charge is -2.34. The molecule has 7 nitrogen and oxygen atoms in total. The molecule has 3 heterocycles. The first-order valence-corrected chi connectivity index (χ1v) is 11.5. The van der Waals surface area contributed by atoms with Crippen molar-refractivity contribution in [2.45, 2.75) is 19.5 Å². The van der Waals surface area contributed by atoms with Crippen LogP contribution in [0.25, 0.3) is 0 Å². The Morgan fingerprint density at radius 2 is 1.82 bits per heavy atom. The van der Waals surface area contributed by atoms with E-state index >= 15 is 0 Å². The van der Waals surface area contributed by atoms with Crippen LogP contribution < -0.4 is 14.8 Å². The molecule has 1 saturated heterocycles. The minimum absolute atomic E-state index is 0.0685. The first kappa shape index (κ1) is 22.2. The molecule has 2 aromatic carbocycles. The third-order valence-corrected chi connectivity index (χ3v) is 6.10. The fraction of sp³-hybridized carbons (Fsp3) is 0.308. The molecule has 8 heteroatoms. The molecule has 1 fully saturated rings. The number of urea groups is 1. The third-order valence-electron chi connectivity index (χ3n) is 6.10. The van der Waals surface area contributed by atoms with Crippen LogP contribution in [-0.4, -0.2) is 53.6 Å². The Kier molecular flexibility index (Phi) is 6.58. The summed E-state index contributed by atoms with van der Waals surface area (Å²) in [5, 5.41) is 2.97. The van der Waals surface area contributed by atoms with E-state index in [1.54, 1.807) is 24.4 Å². The highest BCUT2D eigenvalue weighted by molar-refractivity contribution is 5.74. The van der Waals surface area contributed by atoms with Crippen molar-refractivity contribution in [3.8, 4) is 17.4 Å². The van der Waals surface area contributed by atoms with Gasteiger partial charge in [-0.3, -0.25) is 4.90 Å². The van der Waals surface area contributed by atoms with Crippen molar-refractivity contribution in [3.63, 3.8) is 0 Å². The highest BCUT2D eigenvalue weighted by Gasteiger charge is 2.21. The Balaban J connectivity index is 1.05. The van der Waals surface area contributed by atoms with Crippen molar-refractivity contribution in [2.24, 2.45) is 0 Å². The van der Waals surface area contributed by atoms with Crippen molar-refractivity contribution < 1.29 is 18.7 Å². The quantitative estimate of drug-likeness (QED) is 0.600. The van der Waals surface area contributed by atoms with Gasteiger partial charge in [0.25, 0.3) is 0 Å². The summed E-state index contributed by atoms with van der Waals surface area (Å²) in [4.78, 5) is 21.1. The molecule has 0 saturated carbocycles. The van der Waals surface area contributed by atoms with E-state index in [-0.39, 0.29) is 11.8 Å². The number of aromatic nitrogens is 1. The molecule has 0 radical (unpaired) electrons. The molecule has 1 N–H and O–H groups in total. The zero-order chi connectivity index (χ0) is 23.3. The summed E-state index contributed by atoms with van der Waals surface area (Å²) < 4.78 is 24.2. The molecule has 2 aliphatic heterocycles. The number of carbonyl (C=O) groups excluding carboxylic acids is 1. The molecule has 1 aromatic heterocycles. The van der Waals surface area contributed by atoms with Gasteiger partial charge in [0, 0.05) is 58.0 Å². The van der Waals surface area contributed by atoms with E-state index in [4.69, 9.17) is 9.47 Å². The molecule has 0 atom stereocenters. The minimum atomic E-state index is -0.317. The predicted molar refractivity (Wildman–Crippen MR) is 125 cm³/mol. The third kappa shape index (κ3) is 5.46. The summed E-state index contributed by atoms with van der Waals surface area (Å²) in [7, 11) is 0. The van der Waals surface area contributed by atoms with E-state index < -0.39 is 0 Å². The lowest BCUT2D eigenvalue weighted by Crippen LogP contribution is -2.51. The number of rotatable bonds is 6. The van der Waals surface area contributed by atoms with E-state index in [0.29, 0.717) is 31.3 Å². The van der Waals surface area contributed by atoms with Gasteiger partial charge in [-0.1, -0.05) is 18.2 Å². The molecule has 2 amide bonds. The number of halogens is 1. The van der Waals surface area contributed by atoms with Crippen LogP contribution in [0.15, 0.2) is 60.8 Å². The van der Waals surface area contributed by atoms with Crippen LogP contribution in [0.4, 0.5) is 9.18 Å². The van der Waals surface area contributed by atoms with Gasteiger partial charge in [0.15, 0.2) is 0 Å². The van der Waals surface area contributed by atoms with Crippen LogP contribution in [0.3, 0.4) is 0 Å². The van der Waals surface area contributed by atoms with Crippen LogP contribution in [0, 0.1) is 5.82 Å². The van der Waals surface area contributed by atoms with Crippen LogP contribution in [-0.2, 0) is 19.5 Å². The summed E-state index contributed by atoms with van der Waals surface area (Å²) in [6.45, 7) is 5.14. The summed E-state index contributed by atoms with van der Waals surface area (Å²) in [5.41, 5.74) is 3.46. The van der Waals surface area contributed by atoms with Crippen molar-refractivity contribution in [1.82, 2.24) is 20.1 Å². The maximum absolute atomic E-state index is 13.0. The first-order chi connectivity index (χ1) is 16.6. The molecule has 3 aromatic rings. The van der Waals surface area contributed by atoms with Gasteiger partial charge < -0.3 is 19.7 Å². The average Bonchev–Trinajstić information content (AvgIpc) is 3.33. The zero-order valence-electron chi connectivity index (χ0n) is 18.9. The molecular weight excluding hydrogens is 435 g/mol. The largest absolute Gasteiger partial charge is 0.493 e. The lowest BCUT2D eigenvalue weighted by atomic mass is 10.1. The van der Waals surface area contributed by atoms with Gasteiger partial charge in [0.1, 0.15) is 17.3 Å². The molecule has 34 heavy (non-hydrogen) atoms. The monoisotopic (exact) mass is 462 g/mol. The number of amides is 2. The number of nitrogens with zero attached hydrogens (tertiary/aromatic N) is 3. The Morgan fingerprint density at radius 3 is 2.59 bits per heavy atom. The number of fused-ring (bicyclic) bond motifs is 1. The van der Waals surface area contributed by atoms with Gasteiger partial charge >= 0.3 is 6.03 Å². The van der Waals surface area contributed by atoms with E-state index in [0.717, 1.165) is 44.0 Å². The van der Waals surface area contributed by atoms with Crippen LogP contribution in [0.5, 0.6) is 17.4 Å². The number of ether oxygens (including phenoxy) is 2. The highest BCUT2D eigenvalue weighted by Crippen LogP contribution is 2.26. The normalized spacial score (nSPS) is 15.5. The van der Waals surface area contributed by atoms with Gasteiger partial charge in [0.05, 0.1) is 6.61 Å². The second kappa shape index (κ2) is 10.1. The fourth-order valence-electron chi connectivity index (χ4n) is 4.19. The molecular formula is C26H27FN4O3. The number of pyridine rings is 1. The smallest absolute Gasteiger partial charge is 0.317 e. The number of hydrogen-bond acceptors (Lipinski definition) is 5. The van der Waals surface area contributed by atoms with E-state index in [1.165, 1.54) is 23.3 Å². The van der Waals surface area contributed by atoms with Crippen LogP contribution in [0.1, 0.15) is 16.7 Å². The van der Waals surface area contributed by atoms with Gasteiger partial charge in [-0.15, -0.1) is 0 Å². The molecule has 0 bridgehead atoms. The van der Waals surface area contributed by atoms with Gasteiger partial charge in [-0.25, -0.2) is 14.2 Å². The summed E-state index contributed by atoms with van der Waals surface area (Å²) in [5.74, 6) is 1.62. The molecule has 176 valence electrons. The highest BCUT2D eigenvalue weighted by atomic mass is 19.1. The van der Waals surface area contributed by atoms with Crippen molar-refractivity contribution >= 4 is 6.03 Å². The maximum Gasteiger partial charge on any atom is 0.317 e. The zero-order valence-corrected chi connectivity index (χ0v) is 18.9. The topological polar surface area (TPSA) is 66.9 Å². The Morgan fingerprint density at radius 1 is 1.03 bits per heavy atom. The fourth-order valence-corrected chi connectivity index (χ4v) is 4.19. The first-order valence-electron chi connectivity index (χ1n) is 11.5. The second-order valence-corrected chi connectivity index (χ2v) is 8.52. The van der Waals surface area contributed by atoms with E-state index in [9.17, 15) is 9.18 Å². The molecule has 2 aliphatic rings. The number of piperazine rings is 1. The van der Waals surface area contributed by atoms with Crippen molar-refractivity contribution in [2.75, 3.05) is 32.8 Å². The Hall–Kier alpha value is -3.65. The summed E-state index contributed by atoms with van der Waals surface area (Å²) >= 11 is 0. The van der Waals surface area contributed by atoms with Crippen molar-refractivity contribution in [3.05, 3.63) is 83.3 Å². The summed E-state index contributed by atoms with van der Waals surface area (Å²) in [6.07, 6.45) is 2.65. The van der Waals surface area contributed by atoms with Gasteiger partial charge in [-0.05, 0) is 47.0 Å². The number of hydrogen-bond donors (Lipinski definition) is 1. The van der Waals surface area contributed by atoms with Gasteiger partial charge in [0.2, 0.25) is 5.88 Å². The van der Waals surface area contributed by atoms with Crippen LogP contribution in [0.2, 0.25) is 0 Å². The van der Waals surface area contributed by atoms with E-state index in [1.807, 2.05) is 11.0 Å². The summed E-state index contributed by atoms with van der Waals surface area (Å²) in [6, 6.07) is 15.7. The SMILES string of the molecule is O=C(NCc1ccc(Oc2ccc(F)cc2)nc1)N1CCN(Cc2ccc3c(c2)CCO3)CC1. The number of benzene rings is 2. The Bertz CT molecular complexity index is 1130. The van der Waals surface area contributed by atoms with E-state index in [2.05, 4.69) is 33.4 Å². The number of nitrogens with one attached hydrogen (secondary N) is 1. The molecule has 0 unspecified atom stereocenters. The average molecular weight is 463 g/mol. The molecule has 0 aliphatic carbocycles. The second-order valence-electron chi connectivity index (χ2n) is 8.52. The molecule has 5 rings (SSSR count). The minimum Gasteiger partial charge on any atom is -0.493 e. The van der Waals surface area contributed by atoms with Crippen molar-refractivity contribution in [1.29, 1.82) is 0 Å². The lowest BCUT2D eigenvalue weighted by molar-refractivity contribution is 0.135. The van der Waals surface area contributed by atoms with Gasteiger partial charge in [-0.2, -0.15) is 0 Å². The standard InChI is InChI=1S/C26H27FN4O3/c27-22-3-5-23(6-4-22)34-25-8-2-20(16-28-25)17-29-26(32)31-12-10-30(11-13-31)18-19-1-7-24-21(15-19)9-14-33-24/h1-8,15-16H,9-14,17-18H2,(H,29,32). The molecule has 0 spiro atoms. The predicted octanol–water partition coefficient (Wildman–Crippen LogP) is 3.98. The number of carbonyl (C=O) groups is 1. The maximum atomic E-state index is 13.0. The Labute approximate surface area is 198 Å².